The molecule has 3 rings (SSSR count). The fourth-order valence-electron chi connectivity index (χ4n) is 1.89. The van der Waals surface area contributed by atoms with E-state index in [1.807, 2.05) is 29.0 Å². The van der Waals surface area contributed by atoms with Crippen molar-refractivity contribution in [3.05, 3.63) is 68.4 Å². The van der Waals surface area contributed by atoms with Crippen molar-refractivity contribution < 1.29 is 14.3 Å². The molecule has 108 valence electrons. The number of carbonyl (C=O) groups is 1. The highest BCUT2D eigenvalue weighted by Crippen LogP contribution is 2.29. The fourth-order valence-corrected chi connectivity index (χ4v) is 3.54. The Bertz CT molecular complexity index is 701. The molecular formula is C15H13NO3S2. The van der Waals surface area contributed by atoms with Crippen LogP contribution in [0.3, 0.4) is 0 Å². The molecule has 1 atom stereocenters. The second kappa shape index (κ2) is 6.26. The third-order valence-corrected chi connectivity index (χ3v) is 4.82. The van der Waals surface area contributed by atoms with E-state index in [0.29, 0.717) is 12.3 Å². The first-order valence-corrected chi connectivity index (χ1v) is 8.10. The molecule has 0 aromatic carbocycles. The molecule has 2 N–H and O–H groups in total. The lowest BCUT2D eigenvalue weighted by molar-refractivity contribution is 0.0923. The maximum absolute atomic E-state index is 11.8. The highest BCUT2D eigenvalue weighted by atomic mass is 32.1. The fraction of sp³-hybridized carbons (Fsp3) is 0.133. The first-order chi connectivity index (χ1) is 10.2. The van der Waals surface area contributed by atoms with Crippen LogP contribution < -0.4 is 5.32 Å². The number of nitrogens with one attached hydrogen (secondary N) is 1. The predicted molar refractivity (Wildman–Crippen MR) is 82.6 cm³/mol. The lowest BCUT2D eigenvalue weighted by Gasteiger charge is -2.05. The largest absolute Gasteiger partial charge is 0.459 e. The molecule has 0 bridgehead atoms. The van der Waals surface area contributed by atoms with E-state index >= 15 is 0 Å². The molecular weight excluding hydrogens is 306 g/mol. The van der Waals surface area contributed by atoms with Crippen molar-refractivity contribution >= 4 is 28.6 Å². The molecule has 0 aliphatic carbocycles. The average molecular weight is 319 g/mol. The Morgan fingerprint density at radius 3 is 2.95 bits per heavy atom. The molecule has 0 saturated carbocycles. The number of hydrogen-bond donors (Lipinski definition) is 2. The van der Waals surface area contributed by atoms with E-state index in [1.54, 1.807) is 23.5 Å². The molecule has 0 saturated heterocycles. The monoisotopic (exact) mass is 319 g/mol. The Kier molecular flexibility index (Phi) is 4.19. The summed E-state index contributed by atoms with van der Waals surface area (Å²) in [5.74, 6) is 0.0541. The molecule has 3 heterocycles. The van der Waals surface area contributed by atoms with Crippen LogP contribution in [0.15, 0.2) is 51.8 Å². The summed E-state index contributed by atoms with van der Waals surface area (Å²) in [4.78, 5) is 13.6. The summed E-state index contributed by atoms with van der Waals surface area (Å²) in [6.07, 6.45) is 0.866. The lowest BCUT2D eigenvalue weighted by Crippen LogP contribution is -2.21. The van der Waals surface area contributed by atoms with Crippen LogP contribution in [0.2, 0.25) is 0 Å². The van der Waals surface area contributed by atoms with Crippen LogP contribution in [-0.2, 0) is 6.54 Å². The zero-order chi connectivity index (χ0) is 14.7. The van der Waals surface area contributed by atoms with E-state index in [2.05, 4.69) is 5.32 Å². The minimum Gasteiger partial charge on any atom is -0.459 e. The minimum atomic E-state index is -0.601. The van der Waals surface area contributed by atoms with Crippen LogP contribution in [0.25, 0.3) is 0 Å². The van der Waals surface area contributed by atoms with Crippen molar-refractivity contribution in [2.75, 3.05) is 0 Å². The normalized spacial score (nSPS) is 12.2. The van der Waals surface area contributed by atoms with Crippen molar-refractivity contribution in [2.45, 2.75) is 12.6 Å². The quantitative estimate of drug-likeness (QED) is 0.757. The van der Waals surface area contributed by atoms with Gasteiger partial charge in [-0.25, -0.2) is 0 Å². The summed E-state index contributed by atoms with van der Waals surface area (Å²) in [7, 11) is 0. The molecule has 0 fully saturated rings. The van der Waals surface area contributed by atoms with Gasteiger partial charge in [0.25, 0.3) is 5.91 Å². The van der Waals surface area contributed by atoms with Crippen LogP contribution in [0.4, 0.5) is 0 Å². The summed E-state index contributed by atoms with van der Waals surface area (Å²) in [6, 6.07) is 9.01. The second-order valence-electron chi connectivity index (χ2n) is 4.42. The van der Waals surface area contributed by atoms with Gasteiger partial charge in [0.05, 0.1) is 12.8 Å². The van der Waals surface area contributed by atoms with Crippen LogP contribution in [-0.4, -0.2) is 11.0 Å². The highest BCUT2D eigenvalue weighted by molar-refractivity contribution is 7.12. The molecule has 4 nitrogen and oxygen atoms in total. The number of carbonyl (C=O) groups excluding carboxylic acids is 1. The Balaban J connectivity index is 1.62. The van der Waals surface area contributed by atoms with Crippen molar-refractivity contribution in [2.24, 2.45) is 0 Å². The predicted octanol–water partition coefficient (Wildman–Crippen LogP) is 3.41. The van der Waals surface area contributed by atoms with Gasteiger partial charge in [-0.1, -0.05) is 0 Å². The van der Waals surface area contributed by atoms with Gasteiger partial charge in [0.2, 0.25) is 0 Å². The summed E-state index contributed by atoms with van der Waals surface area (Å²) in [5.41, 5.74) is 0.896. The van der Waals surface area contributed by atoms with Crippen LogP contribution in [0.1, 0.15) is 32.0 Å². The molecule has 0 spiro atoms. The molecule has 6 heteroatoms. The van der Waals surface area contributed by atoms with Gasteiger partial charge in [-0.05, 0) is 46.7 Å². The van der Waals surface area contributed by atoms with Gasteiger partial charge in [0, 0.05) is 9.75 Å². The second-order valence-corrected chi connectivity index (χ2v) is 6.40. The maximum Gasteiger partial charge on any atom is 0.287 e. The van der Waals surface area contributed by atoms with Gasteiger partial charge in [-0.2, -0.15) is 11.3 Å². The Labute approximate surface area is 129 Å². The topological polar surface area (TPSA) is 62.5 Å². The smallest absolute Gasteiger partial charge is 0.287 e. The van der Waals surface area contributed by atoms with E-state index in [1.165, 1.54) is 17.6 Å². The van der Waals surface area contributed by atoms with Gasteiger partial charge >= 0.3 is 0 Å². The summed E-state index contributed by atoms with van der Waals surface area (Å²) in [6.45, 7) is 0.417. The number of amides is 1. The minimum absolute atomic E-state index is 0.242. The third kappa shape index (κ3) is 3.24. The standard InChI is InChI=1S/C15H13NO3S2/c17-14(10-5-7-20-9-10)13-4-3-11(21-13)8-16-15(18)12-2-1-6-19-12/h1-7,9,14,17H,8H2,(H,16,18). The van der Waals surface area contributed by atoms with Gasteiger partial charge in [-0.15, -0.1) is 11.3 Å². The number of aliphatic hydroxyl groups is 1. The van der Waals surface area contributed by atoms with E-state index in [0.717, 1.165) is 15.3 Å². The SMILES string of the molecule is O=C(NCc1ccc(C(O)c2ccsc2)s1)c1ccco1. The summed E-state index contributed by atoms with van der Waals surface area (Å²) >= 11 is 3.05. The number of furan rings is 1. The van der Waals surface area contributed by atoms with Crippen molar-refractivity contribution in [3.8, 4) is 0 Å². The van der Waals surface area contributed by atoms with E-state index < -0.39 is 6.10 Å². The average Bonchev–Trinajstić information content (AvgIpc) is 3.26. The maximum atomic E-state index is 11.8. The molecule has 0 radical (unpaired) electrons. The molecule has 0 aliphatic rings. The Morgan fingerprint density at radius 1 is 1.33 bits per heavy atom. The molecule has 21 heavy (non-hydrogen) atoms. The van der Waals surface area contributed by atoms with Crippen molar-refractivity contribution in [1.29, 1.82) is 0 Å². The van der Waals surface area contributed by atoms with Gasteiger partial charge in [-0.3, -0.25) is 4.79 Å². The highest BCUT2D eigenvalue weighted by Gasteiger charge is 2.14. The first-order valence-electron chi connectivity index (χ1n) is 6.34. The first kappa shape index (κ1) is 14.1. The third-order valence-electron chi connectivity index (χ3n) is 2.98. The molecule has 3 aromatic heterocycles. The molecule has 1 amide bonds. The van der Waals surface area contributed by atoms with Gasteiger partial charge in [0.1, 0.15) is 6.10 Å². The molecule has 3 aromatic rings. The summed E-state index contributed by atoms with van der Waals surface area (Å²) in [5, 5.41) is 16.9. The van der Waals surface area contributed by atoms with Gasteiger partial charge < -0.3 is 14.8 Å². The number of aliphatic hydroxyl groups excluding tert-OH is 1. The van der Waals surface area contributed by atoms with E-state index in [4.69, 9.17) is 4.42 Å². The Hall–Kier alpha value is -1.89. The number of thiophene rings is 2. The number of hydrogen-bond acceptors (Lipinski definition) is 5. The van der Waals surface area contributed by atoms with Crippen LogP contribution >= 0.6 is 22.7 Å². The lowest BCUT2D eigenvalue weighted by atomic mass is 10.2. The van der Waals surface area contributed by atoms with E-state index in [9.17, 15) is 9.90 Å². The van der Waals surface area contributed by atoms with Crippen LogP contribution in [0, 0.1) is 0 Å². The van der Waals surface area contributed by atoms with Crippen molar-refractivity contribution in [1.82, 2.24) is 5.32 Å². The zero-order valence-electron chi connectivity index (χ0n) is 11.0. The van der Waals surface area contributed by atoms with Gasteiger partial charge in [0.15, 0.2) is 5.76 Å². The zero-order valence-corrected chi connectivity index (χ0v) is 12.6. The van der Waals surface area contributed by atoms with Crippen LogP contribution in [0.5, 0.6) is 0 Å². The summed E-state index contributed by atoms with van der Waals surface area (Å²) < 4.78 is 5.03. The Morgan fingerprint density at radius 2 is 2.24 bits per heavy atom. The van der Waals surface area contributed by atoms with E-state index in [-0.39, 0.29) is 5.91 Å². The number of rotatable bonds is 5. The molecule has 0 aliphatic heterocycles. The molecule has 1 unspecified atom stereocenters. The van der Waals surface area contributed by atoms with Crippen molar-refractivity contribution in [3.63, 3.8) is 0 Å².